The Kier molecular flexibility index (Phi) is 3.25. The number of hydrogen-bond acceptors (Lipinski definition) is 2. The zero-order valence-electron chi connectivity index (χ0n) is 8.06. The van der Waals surface area contributed by atoms with Crippen LogP contribution in [0.2, 0.25) is 0 Å². The van der Waals surface area contributed by atoms with Crippen molar-refractivity contribution < 1.29 is 0 Å². The molecular formula is C10H9ClIN3. The predicted molar refractivity (Wildman–Crippen MR) is 68.3 cm³/mol. The molecule has 0 spiro atoms. The van der Waals surface area contributed by atoms with Crippen molar-refractivity contribution in [1.82, 2.24) is 15.0 Å². The molecule has 0 saturated heterocycles. The Morgan fingerprint density at radius 1 is 1.47 bits per heavy atom. The maximum Gasteiger partial charge on any atom is 0.101 e. The van der Waals surface area contributed by atoms with Gasteiger partial charge in [0.1, 0.15) is 5.69 Å². The first kappa shape index (κ1) is 10.9. The number of rotatable bonds is 2. The van der Waals surface area contributed by atoms with Crippen LogP contribution in [0.5, 0.6) is 0 Å². The molecular weight excluding hydrogens is 324 g/mol. The van der Waals surface area contributed by atoms with E-state index in [0.29, 0.717) is 0 Å². The van der Waals surface area contributed by atoms with Crippen molar-refractivity contribution >= 4 is 34.2 Å². The molecule has 0 aliphatic carbocycles. The van der Waals surface area contributed by atoms with Crippen molar-refractivity contribution in [1.29, 1.82) is 0 Å². The topological polar surface area (TPSA) is 30.7 Å². The summed E-state index contributed by atoms with van der Waals surface area (Å²) in [6.07, 6.45) is 1.85. The number of hydrogen-bond donors (Lipinski definition) is 0. The Morgan fingerprint density at radius 2 is 2.27 bits per heavy atom. The highest BCUT2D eigenvalue weighted by atomic mass is 127. The van der Waals surface area contributed by atoms with Crippen molar-refractivity contribution in [2.24, 2.45) is 0 Å². The molecule has 0 N–H and O–H groups in total. The predicted octanol–water partition coefficient (Wildman–Crippen LogP) is 3.17. The van der Waals surface area contributed by atoms with Gasteiger partial charge in [0.2, 0.25) is 0 Å². The summed E-state index contributed by atoms with van der Waals surface area (Å²) in [4.78, 5) is 0. The first-order valence-electron chi connectivity index (χ1n) is 4.49. The van der Waals surface area contributed by atoms with E-state index in [1.54, 1.807) is 4.68 Å². The van der Waals surface area contributed by atoms with Crippen LogP contribution in [0.1, 0.15) is 18.0 Å². The Bertz CT molecular complexity index is 467. The van der Waals surface area contributed by atoms with Gasteiger partial charge in [-0.1, -0.05) is 11.3 Å². The minimum atomic E-state index is -0.110. The van der Waals surface area contributed by atoms with Crippen LogP contribution in [0.25, 0.3) is 5.69 Å². The summed E-state index contributed by atoms with van der Waals surface area (Å²) < 4.78 is 2.90. The zero-order chi connectivity index (χ0) is 10.8. The highest BCUT2D eigenvalue weighted by molar-refractivity contribution is 14.1. The maximum atomic E-state index is 5.92. The normalized spacial score (nSPS) is 12.7. The lowest BCUT2D eigenvalue weighted by atomic mass is 10.3. The fraction of sp³-hybridized carbons (Fsp3) is 0.200. The molecule has 1 aromatic heterocycles. The molecule has 1 unspecified atom stereocenters. The van der Waals surface area contributed by atoms with Crippen LogP contribution in [0.4, 0.5) is 0 Å². The zero-order valence-corrected chi connectivity index (χ0v) is 11.0. The number of alkyl halides is 1. The van der Waals surface area contributed by atoms with E-state index in [1.165, 1.54) is 3.57 Å². The lowest BCUT2D eigenvalue weighted by molar-refractivity contribution is 0.796. The van der Waals surface area contributed by atoms with Gasteiger partial charge in [-0.25, -0.2) is 4.68 Å². The SMILES string of the molecule is CC(Cl)c1cn(-c2cccc(I)c2)nn1. The molecule has 2 rings (SSSR count). The third-order valence-corrected chi connectivity index (χ3v) is 2.89. The van der Waals surface area contributed by atoms with Crippen LogP contribution in [0.3, 0.4) is 0 Å². The molecule has 0 bridgehead atoms. The summed E-state index contributed by atoms with van der Waals surface area (Å²) in [5.41, 5.74) is 1.79. The van der Waals surface area contributed by atoms with E-state index in [-0.39, 0.29) is 5.38 Å². The Hall–Kier alpha value is -0.620. The van der Waals surface area contributed by atoms with Crippen LogP contribution in [-0.2, 0) is 0 Å². The molecule has 0 aliphatic heterocycles. The molecule has 1 aromatic carbocycles. The second kappa shape index (κ2) is 4.49. The van der Waals surface area contributed by atoms with E-state index in [2.05, 4.69) is 32.9 Å². The summed E-state index contributed by atoms with van der Waals surface area (Å²) in [5.74, 6) is 0. The van der Waals surface area contributed by atoms with Crippen LogP contribution < -0.4 is 0 Å². The second-order valence-electron chi connectivity index (χ2n) is 3.18. The molecule has 0 aliphatic rings. The van der Waals surface area contributed by atoms with Gasteiger partial charge in [-0.05, 0) is 47.7 Å². The van der Waals surface area contributed by atoms with Gasteiger partial charge in [0.25, 0.3) is 0 Å². The maximum absolute atomic E-state index is 5.92. The molecule has 0 radical (unpaired) electrons. The van der Waals surface area contributed by atoms with Gasteiger partial charge in [-0.3, -0.25) is 0 Å². The van der Waals surface area contributed by atoms with Crippen molar-refractivity contribution in [3.8, 4) is 5.69 Å². The number of benzene rings is 1. The highest BCUT2D eigenvalue weighted by Crippen LogP contribution is 2.18. The molecule has 15 heavy (non-hydrogen) atoms. The summed E-state index contributed by atoms with van der Waals surface area (Å²) in [5, 5.41) is 7.92. The molecule has 0 fully saturated rings. The first-order valence-corrected chi connectivity index (χ1v) is 6.00. The van der Waals surface area contributed by atoms with Gasteiger partial charge in [0, 0.05) is 3.57 Å². The average Bonchev–Trinajstić information content (AvgIpc) is 2.66. The minimum absolute atomic E-state index is 0.110. The van der Waals surface area contributed by atoms with Crippen molar-refractivity contribution in [2.75, 3.05) is 0 Å². The van der Waals surface area contributed by atoms with Crippen molar-refractivity contribution in [3.63, 3.8) is 0 Å². The van der Waals surface area contributed by atoms with Crippen molar-refractivity contribution in [2.45, 2.75) is 12.3 Å². The molecule has 78 valence electrons. The lowest BCUT2D eigenvalue weighted by Gasteiger charge is -1.99. The largest absolute Gasteiger partial charge is 0.220 e. The quantitative estimate of drug-likeness (QED) is 0.624. The van der Waals surface area contributed by atoms with E-state index < -0.39 is 0 Å². The molecule has 5 heteroatoms. The van der Waals surface area contributed by atoms with Gasteiger partial charge < -0.3 is 0 Å². The minimum Gasteiger partial charge on any atom is -0.220 e. The number of aromatic nitrogens is 3. The molecule has 1 heterocycles. The van der Waals surface area contributed by atoms with E-state index >= 15 is 0 Å². The number of halogens is 2. The summed E-state index contributed by atoms with van der Waals surface area (Å²) in [6, 6.07) is 8.05. The fourth-order valence-corrected chi connectivity index (χ4v) is 1.83. The smallest absolute Gasteiger partial charge is 0.101 e. The monoisotopic (exact) mass is 333 g/mol. The van der Waals surface area contributed by atoms with Gasteiger partial charge in [0.05, 0.1) is 17.3 Å². The second-order valence-corrected chi connectivity index (χ2v) is 5.08. The first-order chi connectivity index (χ1) is 7.16. The van der Waals surface area contributed by atoms with E-state index in [4.69, 9.17) is 11.6 Å². The molecule has 2 aromatic rings. The summed E-state index contributed by atoms with van der Waals surface area (Å²) in [6.45, 7) is 1.88. The van der Waals surface area contributed by atoms with Gasteiger partial charge in [0.15, 0.2) is 0 Å². The van der Waals surface area contributed by atoms with Gasteiger partial charge >= 0.3 is 0 Å². The van der Waals surface area contributed by atoms with Crippen LogP contribution in [0, 0.1) is 3.57 Å². The van der Waals surface area contributed by atoms with Crippen molar-refractivity contribution in [3.05, 3.63) is 39.7 Å². The summed E-state index contributed by atoms with van der Waals surface area (Å²) >= 11 is 8.18. The van der Waals surface area contributed by atoms with E-state index in [0.717, 1.165) is 11.4 Å². The Balaban J connectivity index is 2.37. The molecule has 1 atom stereocenters. The molecule has 3 nitrogen and oxygen atoms in total. The number of nitrogens with zero attached hydrogens (tertiary/aromatic N) is 3. The molecule has 0 saturated carbocycles. The van der Waals surface area contributed by atoms with Crippen LogP contribution >= 0.6 is 34.2 Å². The Morgan fingerprint density at radius 3 is 2.87 bits per heavy atom. The van der Waals surface area contributed by atoms with Crippen LogP contribution in [0.15, 0.2) is 30.5 Å². The lowest BCUT2D eigenvalue weighted by Crippen LogP contribution is -1.94. The fourth-order valence-electron chi connectivity index (χ4n) is 1.20. The summed E-state index contributed by atoms with van der Waals surface area (Å²) in [7, 11) is 0. The van der Waals surface area contributed by atoms with Crippen LogP contribution in [-0.4, -0.2) is 15.0 Å². The van der Waals surface area contributed by atoms with E-state index in [9.17, 15) is 0 Å². The van der Waals surface area contributed by atoms with Gasteiger partial charge in [-0.2, -0.15) is 0 Å². The Labute approximate surface area is 107 Å². The third kappa shape index (κ3) is 2.49. The third-order valence-electron chi connectivity index (χ3n) is 1.99. The highest BCUT2D eigenvalue weighted by Gasteiger charge is 2.07. The molecule has 0 amide bonds. The van der Waals surface area contributed by atoms with Gasteiger partial charge in [-0.15, -0.1) is 16.7 Å². The standard InChI is InChI=1S/C10H9ClIN3/c1-7(11)10-6-15(14-13-10)9-4-2-3-8(12)5-9/h2-7H,1H3. The van der Waals surface area contributed by atoms with E-state index in [1.807, 2.05) is 37.4 Å². The average molecular weight is 334 g/mol.